The smallest absolute Gasteiger partial charge is 0.409 e. The molecule has 0 radical (unpaired) electrons. The maximum absolute atomic E-state index is 14.4. The molecule has 0 aromatic carbocycles. The summed E-state index contributed by atoms with van der Waals surface area (Å²) >= 11 is 5.90. The van der Waals surface area contributed by atoms with Gasteiger partial charge in [-0.3, -0.25) is 4.90 Å². The highest BCUT2D eigenvalue weighted by Gasteiger charge is 2.60. The van der Waals surface area contributed by atoms with Gasteiger partial charge in [-0.05, 0) is 44.1 Å². The van der Waals surface area contributed by atoms with Gasteiger partial charge < -0.3 is 9.74 Å². The van der Waals surface area contributed by atoms with Gasteiger partial charge in [-0.25, -0.2) is 19.3 Å². The molecule has 1 aliphatic rings. The van der Waals surface area contributed by atoms with Gasteiger partial charge in [0.05, 0.1) is 29.4 Å². The van der Waals surface area contributed by atoms with E-state index in [9.17, 15) is 31.1 Å². The normalized spacial score (nSPS) is 19.0. The molecule has 0 spiro atoms. The molecule has 1 aliphatic heterocycles. The number of alkyl halides is 6. The van der Waals surface area contributed by atoms with Gasteiger partial charge in [0.25, 0.3) is 0 Å². The fourth-order valence-corrected chi connectivity index (χ4v) is 5.87. The maximum Gasteiger partial charge on any atom is 0.433 e. The Morgan fingerprint density at radius 3 is 2.34 bits per heavy atom. The third kappa shape index (κ3) is 5.63. The Bertz CT molecular complexity index is 1500. The van der Waals surface area contributed by atoms with Crippen molar-refractivity contribution in [2.75, 3.05) is 16.8 Å². The second kappa shape index (κ2) is 9.83. The molecule has 2 atom stereocenters. The van der Waals surface area contributed by atoms with Crippen LogP contribution in [0.2, 0.25) is 23.3 Å². The molecule has 3 aromatic heterocycles. The molecule has 16 heteroatoms. The summed E-state index contributed by atoms with van der Waals surface area (Å²) in [4.78, 5) is 21.9. The van der Waals surface area contributed by atoms with Gasteiger partial charge in [0.1, 0.15) is 11.1 Å². The van der Waals surface area contributed by atoms with E-state index in [-0.39, 0.29) is 38.6 Å². The first-order valence-corrected chi connectivity index (χ1v) is 15.8. The van der Waals surface area contributed by atoms with E-state index in [1.54, 1.807) is 6.92 Å². The lowest BCUT2D eigenvalue weighted by Gasteiger charge is -2.38. The molecule has 1 N–H and O–H groups in total. The average molecular weight is 623 g/mol. The number of amides is 2. The summed E-state index contributed by atoms with van der Waals surface area (Å²) in [6, 6.07) is 2.02. The zero-order valence-corrected chi connectivity index (χ0v) is 25.0. The van der Waals surface area contributed by atoms with Crippen LogP contribution in [0.1, 0.15) is 57.8 Å². The van der Waals surface area contributed by atoms with Crippen molar-refractivity contribution in [1.82, 2.24) is 19.6 Å². The summed E-state index contributed by atoms with van der Waals surface area (Å²) in [6.45, 7) is 11.4. The third-order valence-electron chi connectivity index (χ3n) is 7.67. The molecule has 0 aliphatic carbocycles. The fourth-order valence-electron chi connectivity index (χ4n) is 4.34. The highest BCUT2D eigenvalue weighted by atomic mass is 35.5. The van der Waals surface area contributed by atoms with Crippen LogP contribution in [0.25, 0.3) is 5.65 Å². The predicted octanol–water partition coefficient (Wildman–Crippen LogP) is 7.75. The van der Waals surface area contributed by atoms with E-state index in [0.29, 0.717) is 6.07 Å². The van der Waals surface area contributed by atoms with E-state index in [2.05, 4.69) is 20.4 Å². The minimum absolute atomic E-state index is 0.0378. The Balaban J connectivity index is 1.73. The molecular formula is C25H29ClF6N6O2Si. The van der Waals surface area contributed by atoms with E-state index in [1.165, 1.54) is 12.1 Å². The van der Waals surface area contributed by atoms with Crippen molar-refractivity contribution in [2.45, 2.75) is 76.6 Å². The molecule has 224 valence electrons. The van der Waals surface area contributed by atoms with Gasteiger partial charge in [0.2, 0.25) is 0 Å². The van der Waals surface area contributed by atoms with Crippen molar-refractivity contribution in [3.63, 3.8) is 0 Å². The lowest BCUT2D eigenvalue weighted by atomic mass is 9.88. The zero-order valence-electron chi connectivity index (χ0n) is 23.3. The number of aromatic nitrogens is 4. The van der Waals surface area contributed by atoms with Gasteiger partial charge in [0.15, 0.2) is 19.1 Å². The fraction of sp³-hybridized carbons (Fsp3) is 0.520. The van der Waals surface area contributed by atoms with Gasteiger partial charge in [-0.2, -0.15) is 31.4 Å². The number of anilines is 2. The average Bonchev–Trinajstić information content (AvgIpc) is 3.34. The summed E-state index contributed by atoms with van der Waals surface area (Å²) in [5, 5.41) is 5.88. The number of hydrogen-bond acceptors (Lipinski definition) is 5. The molecular weight excluding hydrogens is 594 g/mol. The van der Waals surface area contributed by atoms with E-state index < -0.39 is 50.5 Å². The second-order valence-electron chi connectivity index (χ2n) is 11.8. The molecule has 2 unspecified atom stereocenters. The monoisotopic (exact) mass is 622 g/mol. The molecule has 8 nitrogen and oxygen atoms in total. The number of carbonyl (C=O) groups is 1. The van der Waals surface area contributed by atoms with Gasteiger partial charge in [0, 0.05) is 18.3 Å². The Labute approximate surface area is 238 Å². The van der Waals surface area contributed by atoms with Crippen LogP contribution in [-0.4, -0.2) is 46.7 Å². The molecule has 4 rings (SSSR count). The summed E-state index contributed by atoms with van der Waals surface area (Å²) in [5.74, 6) is 0. The number of pyridine rings is 1. The lowest BCUT2D eigenvalue weighted by molar-refractivity contribution is -0.181. The first-order chi connectivity index (χ1) is 18.5. The van der Waals surface area contributed by atoms with Crippen molar-refractivity contribution >= 4 is 43.0 Å². The number of carbonyl (C=O) groups excluding carboxylic acids is 1. The van der Waals surface area contributed by atoms with Crippen LogP contribution >= 0.6 is 11.6 Å². The number of urea groups is 1. The number of fused-ring (bicyclic) bond motifs is 3. The minimum Gasteiger partial charge on any atom is -0.409 e. The molecule has 41 heavy (non-hydrogen) atoms. The van der Waals surface area contributed by atoms with Crippen LogP contribution in [0.3, 0.4) is 0 Å². The quantitative estimate of drug-likeness (QED) is 0.238. The molecule has 4 heterocycles. The van der Waals surface area contributed by atoms with Crippen molar-refractivity contribution in [3.8, 4) is 0 Å². The van der Waals surface area contributed by atoms with Crippen LogP contribution in [0.5, 0.6) is 0 Å². The Kier molecular flexibility index (Phi) is 7.44. The van der Waals surface area contributed by atoms with E-state index >= 15 is 0 Å². The van der Waals surface area contributed by atoms with Crippen LogP contribution in [0.15, 0.2) is 24.4 Å². The summed E-state index contributed by atoms with van der Waals surface area (Å²) in [5.41, 5.74) is -4.81. The second-order valence-corrected chi connectivity index (χ2v) is 16.9. The SMILES string of the molecule is CC(O[Si](C)(C)C(C)(C)C)c1cc(NC(=O)N2CC(C)(C(F)(F)F)c3c2cnc2cc(Cl)nn32)cc(C(F)(F)F)n1. The highest BCUT2D eigenvalue weighted by Crippen LogP contribution is 2.50. The molecule has 0 saturated heterocycles. The predicted molar refractivity (Wildman–Crippen MR) is 144 cm³/mol. The van der Waals surface area contributed by atoms with Crippen molar-refractivity contribution in [1.29, 1.82) is 0 Å². The van der Waals surface area contributed by atoms with E-state index in [1.807, 2.05) is 33.9 Å². The number of halogens is 7. The van der Waals surface area contributed by atoms with E-state index in [4.69, 9.17) is 16.0 Å². The zero-order chi connectivity index (χ0) is 30.9. The Hall–Kier alpha value is -2.91. The topological polar surface area (TPSA) is 84.6 Å². The first-order valence-electron chi connectivity index (χ1n) is 12.5. The van der Waals surface area contributed by atoms with Crippen LogP contribution in [-0.2, 0) is 16.0 Å². The number of hydrogen-bond donors (Lipinski definition) is 1. The largest absolute Gasteiger partial charge is 0.433 e. The number of nitrogens with one attached hydrogen (secondary N) is 1. The maximum atomic E-state index is 14.4. The third-order valence-corrected chi connectivity index (χ3v) is 12.4. The van der Waals surface area contributed by atoms with Crippen molar-refractivity contribution in [3.05, 3.63) is 46.6 Å². The van der Waals surface area contributed by atoms with E-state index in [0.717, 1.165) is 22.5 Å². The lowest BCUT2D eigenvalue weighted by Crippen LogP contribution is -2.46. The first kappa shape index (κ1) is 31.0. The molecule has 2 amide bonds. The molecule has 3 aromatic rings. The summed E-state index contributed by atoms with van der Waals surface area (Å²) < 4.78 is 91.6. The van der Waals surface area contributed by atoms with Crippen molar-refractivity contribution < 1.29 is 35.6 Å². The molecule has 0 saturated carbocycles. The van der Waals surface area contributed by atoms with Crippen LogP contribution in [0.4, 0.5) is 42.5 Å². The summed E-state index contributed by atoms with van der Waals surface area (Å²) in [7, 11) is -2.43. The Morgan fingerprint density at radius 1 is 1.15 bits per heavy atom. The summed E-state index contributed by atoms with van der Waals surface area (Å²) in [6.07, 6.45) is -9.48. The van der Waals surface area contributed by atoms with Gasteiger partial charge >= 0.3 is 18.4 Å². The van der Waals surface area contributed by atoms with Crippen LogP contribution in [0, 0.1) is 0 Å². The minimum atomic E-state index is -4.86. The standard InChI is InChI=1S/C25H29ClF6N6O2Si/c1-13(40-41(6,7)22(2,3)4)15-8-14(9-17(35-15)24(27,28)29)34-21(39)37-12-23(5,25(30,31)32)20-16(37)11-33-19-10-18(26)36-38(19)20/h8-11,13H,12H2,1-7H3,(H,34,35,39). The number of rotatable bonds is 4. The highest BCUT2D eigenvalue weighted by molar-refractivity contribution is 6.74. The molecule has 0 bridgehead atoms. The van der Waals surface area contributed by atoms with Gasteiger partial charge in [-0.1, -0.05) is 32.4 Å². The van der Waals surface area contributed by atoms with Crippen LogP contribution < -0.4 is 10.2 Å². The van der Waals surface area contributed by atoms with Crippen molar-refractivity contribution in [2.24, 2.45) is 0 Å². The molecule has 0 fully saturated rings. The Morgan fingerprint density at radius 2 is 1.78 bits per heavy atom. The number of nitrogens with zero attached hydrogens (tertiary/aromatic N) is 5. The van der Waals surface area contributed by atoms with Gasteiger partial charge in [-0.15, -0.1) is 0 Å².